The number of nitrogens with one attached hydrogen (secondary N) is 1. The van der Waals surface area contributed by atoms with E-state index in [1.165, 1.54) is 0 Å². The van der Waals surface area contributed by atoms with Crippen LogP contribution in [0.15, 0.2) is 53.4 Å². The Morgan fingerprint density at radius 2 is 1.52 bits per heavy atom. The highest BCUT2D eigenvalue weighted by Crippen LogP contribution is 2.41. The number of aryl methyl sites for hydroxylation is 2. The zero-order chi connectivity index (χ0) is 18.1. The fraction of sp³-hybridized carbons (Fsp3) is 0.350. The molecule has 1 saturated carbocycles. The van der Waals surface area contributed by atoms with E-state index in [2.05, 4.69) is 5.32 Å². The number of benzene rings is 2. The van der Waals surface area contributed by atoms with Gasteiger partial charge in [-0.15, -0.1) is 0 Å². The molecule has 5 heteroatoms. The van der Waals surface area contributed by atoms with Gasteiger partial charge in [0.15, 0.2) is 14.6 Å². The number of rotatable bonds is 4. The molecule has 4 nitrogen and oxygen atoms in total. The fourth-order valence-electron chi connectivity index (χ4n) is 3.68. The molecule has 0 radical (unpaired) electrons. The van der Waals surface area contributed by atoms with Crippen LogP contribution in [-0.4, -0.2) is 19.1 Å². The standard InChI is InChI=1S/C20H23NO3S/c1-15-12-16(2)14-17(13-15)21-19(22)20(10-6-7-11-20)25(23,24)18-8-4-3-5-9-18/h3-5,8-9,12-14H,6-7,10-11H2,1-2H3,(H,21,22). The molecule has 0 bridgehead atoms. The maximum atomic E-state index is 13.3. The van der Waals surface area contributed by atoms with Crippen molar-refractivity contribution in [3.8, 4) is 0 Å². The van der Waals surface area contributed by atoms with Gasteiger partial charge in [-0.25, -0.2) is 8.42 Å². The molecule has 25 heavy (non-hydrogen) atoms. The van der Waals surface area contributed by atoms with Crippen LogP contribution in [0.4, 0.5) is 5.69 Å². The number of carbonyl (C=O) groups is 1. The third-order valence-corrected chi connectivity index (χ3v) is 7.39. The second kappa shape index (κ2) is 6.64. The number of hydrogen-bond acceptors (Lipinski definition) is 3. The zero-order valence-corrected chi connectivity index (χ0v) is 15.4. The van der Waals surface area contributed by atoms with E-state index in [1.807, 2.05) is 32.0 Å². The summed E-state index contributed by atoms with van der Waals surface area (Å²) in [7, 11) is -3.75. The molecule has 0 unspecified atom stereocenters. The predicted octanol–water partition coefficient (Wildman–Crippen LogP) is 4.03. The average Bonchev–Trinajstić information content (AvgIpc) is 3.06. The second-order valence-corrected chi connectivity index (χ2v) is 9.11. The van der Waals surface area contributed by atoms with Gasteiger partial charge in [0.2, 0.25) is 5.91 Å². The van der Waals surface area contributed by atoms with Gasteiger partial charge >= 0.3 is 0 Å². The molecule has 132 valence electrons. The summed E-state index contributed by atoms with van der Waals surface area (Å²) in [4.78, 5) is 13.3. The van der Waals surface area contributed by atoms with Crippen LogP contribution < -0.4 is 5.32 Å². The number of sulfone groups is 1. The lowest BCUT2D eigenvalue weighted by atomic mass is 10.1. The molecule has 1 N–H and O–H groups in total. The van der Waals surface area contributed by atoms with Crippen LogP contribution in [-0.2, 0) is 14.6 Å². The first kappa shape index (κ1) is 17.7. The first-order chi connectivity index (χ1) is 11.8. The van der Waals surface area contributed by atoms with Crippen molar-refractivity contribution in [3.05, 3.63) is 59.7 Å². The lowest BCUT2D eigenvalue weighted by Gasteiger charge is -2.27. The van der Waals surface area contributed by atoms with Crippen LogP contribution in [0.1, 0.15) is 36.8 Å². The van der Waals surface area contributed by atoms with Crippen LogP contribution in [0.25, 0.3) is 0 Å². The van der Waals surface area contributed by atoms with E-state index >= 15 is 0 Å². The largest absolute Gasteiger partial charge is 0.325 e. The second-order valence-electron chi connectivity index (χ2n) is 6.85. The monoisotopic (exact) mass is 357 g/mol. The van der Waals surface area contributed by atoms with Crippen LogP contribution in [0.5, 0.6) is 0 Å². The van der Waals surface area contributed by atoms with Crippen molar-refractivity contribution in [2.75, 3.05) is 5.32 Å². The van der Waals surface area contributed by atoms with Gasteiger partial charge in [0.25, 0.3) is 0 Å². The minimum atomic E-state index is -3.75. The van der Waals surface area contributed by atoms with Crippen LogP contribution in [0, 0.1) is 13.8 Å². The van der Waals surface area contributed by atoms with E-state index in [0.29, 0.717) is 18.5 Å². The Kier molecular flexibility index (Phi) is 4.69. The average molecular weight is 357 g/mol. The van der Waals surface area contributed by atoms with Gasteiger partial charge < -0.3 is 5.32 Å². The highest BCUT2D eigenvalue weighted by atomic mass is 32.2. The number of anilines is 1. The summed E-state index contributed by atoms with van der Waals surface area (Å²) in [5, 5.41) is 2.86. The van der Waals surface area contributed by atoms with Crippen LogP contribution in [0.2, 0.25) is 0 Å². The van der Waals surface area contributed by atoms with E-state index in [1.54, 1.807) is 30.3 Å². The van der Waals surface area contributed by atoms with Gasteiger partial charge in [0.1, 0.15) is 0 Å². The van der Waals surface area contributed by atoms with E-state index in [9.17, 15) is 13.2 Å². The highest BCUT2D eigenvalue weighted by Gasteiger charge is 2.52. The molecule has 1 amide bonds. The molecule has 1 aliphatic rings. The SMILES string of the molecule is Cc1cc(C)cc(NC(=O)C2(S(=O)(=O)c3ccccc3)CCCC2)c1. The molecule has 0 atom stereocenters. The Labute approximate surface area is 149 Å². The molecule has 0 spiro atoms. The summed E-state index contributed by atoms with van der Waals surface area (Å²) in [5.41, 5.74) is 2.71. The summed E-state index contributed by atoms with van der Waals surface area (Å²) in [6.07, 6.45) is 2.21. The van der Waals surface area contributed by atoms with E-state index in [4.69, 9.17) is 0 Å². The van der Waals surface area contributed by atoms with E-state index in [-0.39, 0.29) is 4.90 Å². The Morgan fingerprint density at radius 1 is 0.960 bits per heavy atom. The molecule has 0 aromatic heterocycles. The summed E-state index contributed by atoms with van der Waals surface area (Å²) >= 11 is 0. The van der Waals surface area contributed by atoms with Crippen molar-refractivity contribution in [1.82, 2.24) is 0 Å². The number of hydrogen-bond donors (Lipinski definition) is 1. The molecular formula is C20H23NO3S. The first-order valence-electron chi connectivity index (χ1n) is 8.55. The van der Waals surface area contributed by atoms with Crippen molar-refractivity contribution in [2.45, 2.75) is 49.2 Å². The van der Waals surface area contributed by atoms with Gasteiger partial charge in [-0.3, -0.25) is 4.79 Å². The molecule has 3 rings (SSSR count). The van der Waals surface area contributed by atoms with Gasteiger partial charge in [0, 0.05) is 5.69 Å². The summed E-state index contributed by atoms with van der Waals surface area (Å²) in [5.74, 6) is -0.418. The number of amides is 1. The highest BCUT2D eigenvalue weighted by molar-refractivity contribution is 7.93. The smallest absolute Gasteiger partial charge is 0.246 e. The Bertz CT molecular complexity index is 862. The van der Waals surface area contributed by atoms with Crippen molar-refractivity contribution >= 4 is 21.4 Å². The third kappa shape index (κ3) is 3.21. The topological polar surface area (TPSA) is 63.2 Å². The van der Waals surface area contributed by atoms with Crippen LogP contribution in [0.3, 0.4) is 0 Å². The third-order valence-electron chi connectivity index (χ3n) is 4.87. The minimum absolute atomic E-state index is 0.215. The maximum Gasteiger partial charge on any atom is 0.246 e. The van der Waals surface area contributed by atoms with Gasteiger partial charge in [-0.2, -0.15) is 0 Å². The van der Waals surface area contributed by atoms with Crippen molar-refractivity contribution < 1.29 is 13.2 Å². The molecular weight excluding hydrogens is 334 g/mol. The lowest BCUT2D eigenvalue weighted by molar-refractivity contribution is -0.118. The minimum Gasteiger partial charge on any atom is -0.325 e. The fourth-order valence-corrected chi connectivity index (χ4v) is 5.77. The molecule has 2 aromatic carbocycles. The van der Waals surface area contributed by atoms with Crippen molar-refractivity contribution in [1.29, 1.82) is 0 Å². The normalized spacial score (nSPS) is 16.6. The van der Waals surface area contributed by atoms with E-state index in [0.717, 1.165) is 24.0 Å². The number of carbonyl (C=O) groups excluding carboxylic acids is 1. The maximum absolute atomic E-state index is 13.3. The Balaban J connectivity index is 1.99. The van der Waals surface area contributed by atoms with Crippen molar-refractivity contribution in [2.24, 2.45) is 0 Å². The molecule has 0 aliphatic heterocycles. The van der Waals surface area contributed by atoms with E-state index < -0.39 is 20.5 Å². The lowest BCUT2D eigenvalue weighted by Crippen LogP contribution is -2.47. The van der Waals surface area contributed by atoms with Gasteiger partial charge in [-0.05, 0) is 62.1 Å². The summed E-state index contributed by atoms with van der Waals surface area (Å²) in [6, 6.07) is 14.0. The predicted molar refractivity (Wildman–Crippen MR) is 99.4 cm³/mol. The first-order valence-corrected chi connectivity index (χ1v) is 10.0. The molecule has 1 fully saturated rings. The quantitative estimate of drug-likeness (QED) is 0.898. The molecule has 0 heterocycles. The Hall–Kier alpha value is -2.14. The summed E-state index contributed by atoms with van der Waals surface area (Å²) in [6.45, 7) is 3.91. The van der Waals surface area contributed by atoms with Crippen LogP contribution >= 0.6 is 0 Å². The molecule has 2 aromatic rings. The molecule has 1 aliphatic carbocycles. The Morgan fingerprint density at radius 3 is 2.08 bits per heavy atom. The van der Waals surface area contributed by atoms with Gasteiger partial charge in [0.05, 0.1) is 4.90 Å². The summed E-state index contributed by atoms with van der Waals surface area (Å²) < 4.78 is 25.1. The molecule has 0 saturated heterocycles. The van der Waals surface area contributed by atoms with Gasteiger partial charge in [-0.1, -0.05) is 37.1 Å². The van der Waals surface area contributed by atoms with Crippen molar-refractivity contribution in [3.63, 3.8) is 0 Å². The zero-order valence-electron chi connectivity index (χ0n) is 14.6.